The molecule has 0 aliphatic carbocycles. The largest absolute Gasteiger partial charge is 0.481 e. The molecule has 196 valence electrons. The van der Waals surface area contributed by atoms with Crippen LogP contribution >= 0.6 is 11.3 Å². The second-order valence-corrected chi connectivity index (χ2v) is 11.0. The molecule has 7 nitrogen and oxygen atoms in total. The van der Waals surface area contributed by atoms with E-state index in [0.717, 1.165) is 59.6 Å². The average molecular weight is 529 g/mol. The number of carboxylic acid groups (broad SMARTS) is 1. The predicted octanol–water partition coefficient (Wildman–Crippen LogP) is 6.18. The lowest BCUT2D eigenvalue weighted by Gasteiger charge is -2.13. The van der Waals surface area contributed by atoms with Crippen LogP contribution in [0.5, 0.6) is 0 Å². The number of fused-ring (bicyclic) bond motifs is 2. The normalized spacial score (nSPS) is 11.0. The SMILES string of the molecule is C#C.CC(C)(C)O.Cc1ccc(-c2c(CC(=O)O)c(C)cc3nc(-c4cc5cn(C)nc5cn4)sc23)cc1. The highest BCUT2D eigenvalue weighted by Gasteiger charge is 2.20. The van der Waals surface area contributed by atoms with E-state index in [1.54, 1.807) is 43.0 Å². The Morgan fingerprint density at radius 1 is 1.08 bits per heavy atom. The number of carboxylic acids is 1. The molecule has 0 amide bonds. The Balaban J connectivity index is 0.000000515. The van der Waals surface area contributed by atoms with Gasteiger partial charge in [-0.25, -0.2) is 4.98 Å². The second-order valence-electron chi connectivity index (χ2n) is 9.95. The van der Waals surface area contributed by atoms with Gasteiger partial charge < -0.3 is 10.2 Å². The van der Waals surface area contributed by atoms with E-state index in [0.29, 0.717) is 0 Å². The number of carbonyl (C=O) groups is 1. The molecule has 5 aromatic rings. The molecule has 0 radical (unpaired) electrons. The number of aliphatic carboxylic acids is 1. The van der Waals surface area contributed by atoms with Crippen LogP contribution in [0.2, 0.25) is 0 Å². The first-order chi connectivity index (χ1) is 17.9. The molecule has 0 saturated heterocycles. The van der Waals surface area contributed by atoms with E-state index in [2.05, 4.69) is 22.9 Å². The van der Waals surface area contributed by atoms with Gasteiger partial charge in [-0.1, -0.05) is 29.8 Å². The Labute approximate surface area is 226 Å². The molecule has 0 atom stereocenters. The third-order valence-corrected chi connectivity index (χ3v) is 6.52. The zero-order chi connectivity index (χ0) is 28.2. The quantitative estimate of drug-likeness (QED) is 0.270. The molecule has 38 heavy (non-hydrogen) atoms. The molecular formula is C30H32N4O3S. The number of aliphatic hydroxyl groups is 1. The number of pyridine rings is 1. The van der Waals surface area contributed by atoms with E-state index >= 15 is 0 Å². The van der Waals surface area contributed by atoms with E-state index in [1.807, 2.05) is 63.5 Å². The Hall–Kier alpha value is -4.06. The van der Waals surface area contributed by atoms with Crippen LogP contribution in [-0.2, 0) is 18.3 Å². The zero-order valence-electron chi connectivity index (χ0n) is 22.5. The fourth-order valence-electron chi connectivity index (χ4n) is 3.92. The number of thiazole rings is 1. The van der Waals surface area contributed by atoms with Gasteiger partial charge in [0.2, 0.25) is 0 Å². The Kier molecular flexibility index (Phi) is 8.67. The van der Waals surface area contributed by atoms with Crippen LogP contribution in [0.15, 0.2) is 48.8 Å². The molecule has 0 bridgehead atoms. The molecule has 2 aromatic carbocycles. The van der Waals surface area contributed by atoms with Crippen molar-refractivity contribution < 1.29 is 15.0 Å². The minimum Gasteiger partial charge on any atom is -0.481 e. The molecule has 5 rings (SSSR count). The summed E-state index contributed by atoms with van der Waals surface area (Å²) < 4.78 is 2.75. The fourth-order valence-corrected chi connectivity index (χ4v) is 5.02. The van der Waals surface area contributed by atoms with Crippen molar-refractivity contribution in [3.63, 3.8) is 0 Å². The van der Waals surface area contributed by atoms with Crippen LogP contribution < -0.4 is 0 Å². The van der Waals surface area contributed by atoms with Gasteiger partial charge in [0, 0.05) is 24.2 Å². The summed E-state index contributed by atoms with van der Waals surface area (Å²) in [5, 5.41) is 24.3. The Morgan fingerprint density at radius 2 is 1.71 bits per heavy atom. The van der Waals surface area contributed by atoms with Gasteiger partial charge in [-0.15, -0.1) is 24.2 Å². The third kappa shape index (κ3) is 6.82. The minimum atomic E-state index is -0.843. The van der Waals surface area contributed by atoms with Gasteiger partial charge in [0.05, 0.1) is 34.1 Å². The maximum atomic E-state index is 11.6. The highest BCUT2D eigenvalue weighted by Crippen LogP contribution is 2.40. The molecule has 0 spiro atoms. The number of nitrogens with zero attached hydrogens (tertiary/aromatic N) is 4. The molecule has 0 aliphatic rings. The summed E-state index contributed by atoms with van der Waals surface area (Å²) in [5.41, 5.74) is 6.85. The van der Waals surface area contributed by atoms with Gasteiger partial charge in [0.1, 0.15) is 10.5 Å². The fraction of sp³-hybridized carbons (Fsp3) is 0.267. The number of rotatable bonds is 4. The molecule has 0 saturated carbocycles. The topological polar surface area (TPSA) is 101 Å². The monoisotopic (exact) mass is 528 g/mol. The number of benzene rings is 2. The van der Waals surface area contributed by atoms with Crippen molar-refractivity contribution in [1.82, 2.24) is 19.7 Å². The standard InChI is InChI=1S/C24H20N4O2S.C4H10O.C2H2/c1-13-4-6-15(7-5-13)22-17(10-21(29)30)14(2)8-18-23(22)31-24(26-18)19-9-16-12-28(3)27-20(16)11-25-19;1-4(2,3)5;1-2/h4-9,11-12H,10H2,1-3H3,(H,29,30);5H,1-3H3;1-2H. The molecule has 3 heterocycles. The molecular weight excluding hydrogens is 496 g/mol. The van der Waals surface area contributed by atoms with Crippen LogP contribution in [0.25, 0.3) is 42.9 Å². The number of aryl methyl sites for hydroxylation is 3. The van der Waals surface area contributed by atoms with Crippen LogP contribution in [-0.4, -0.2) is 41.5 Å². The average Bonchev–Trinajstić information content (AvgIpc) is 3.42. The van der Waals surface area contributed by atoms with Crippen molar-refractivity contribution in [2.24, 2.45) is 7.05 Å². The van der Waals surface area contributed by atoms with Crippen LogP contribution in [0.3, 0.4) is 0 Å². The summed E-state index contributed by atoms with van der Waals surface area (Å²) in [7, 11) is 1.89. The maximum Gasteiger partial charge on any atom is 0.307 e. The van der Waals surface area contributed by atoms with E-state index < -0.39 is 11.6 Å². The first-order valence-corrected chi connectivity index (χ1v) is 12.8. The summed E-state index contributed by atoms with van der Waals surface area (Å²) in [6, 6.07) is 12.2. The van der Waals surface area contributed by atoms with E-state index in [9.17, 15) is 9.90 Å². The van der Waals surface area contributed by atoms with E-state index in [4.69, 9.17) is 10.1 Å². The van der Waals surface area contributed by atoms with Gasteiger partial charge in [-0.2, -0.15) is 5.10 Å². The van der Waals surface area contributed by atoms with Crippen LogP contribution in [0, 0.1) is 26.7 Å². The summed E-state index contributed by atoms with van der Waals surface area (Å²) >= 11 is 1.55. The highest BCUT2D eigenvalue weighted by molar-refractivity contribution is 7.22. The molecule has 3 aromatic heterocycles. The lowest BCUT2D eigenvalue weighted by molar-refractivity contribution is -0.136. The zero-order valence-corrected chi connectivity index (χ0v) is 23.3. The summed E-state index contributed by atoms with van der Waals surface area (Å²) in [6.07, 6.45) is 11.7. The van der Waals surface area contributed by atoms with Crippen molar-refractivity contribution in [1.29, 1.82) is 0 Å². The second kappa shape index (κ2) is 11.5. The molecule has 0 aliphatic heterocycles. The number of terminal acetylenes is 1. The third-order valence-electron chi connectivity index (χ3n) is 5.40. The number of hydrogen-bond acceptors (Lipinski definition) is 6. The first-order valence-electron chi connectivity index (χ1n) is 12.0. The predicted molar refractivity (Wildman–Crippen MR) is 155 cm³/mol. The minimum absolute atomic E-state index is 0.0297. The van der Waals surface area contributed by atoms with Crippen molar-refractivity contribution in [3.05, 3.63) is 65.5 Å². The van der Waals surface area contributed by atoms with Crippen LogP contribution in [0.4, 0.5) is 0 Å². The Morgan fingerprint density at radius 3 is 2.32 bits per heavy atom. The van der Waals surface area contributed by atoms with Crippen molar-refractivity contribution in [2.75, 3.05) is 0 Å². The molecule has 8 heteroatoms. The lowest BCUT2D eigenvalue weighted by Crippen LogP contribution is -2.10. The van der Waals surface area contributed by atoms with E-state index in [1.165, 1.54) is 0 Å². The van der Waals surface area contributed by atoms with Crippen molar-refractivity contribution in [3.8, 4) is 34.7 Å². The number of hydrogen-bond donors (Lipinski definition) is 2. The number of aromatic nitrogens is 4. The van der Waals surface area contributed by atoms with Crippen molar-refractivity contribution in [2.45, 2.75) is 46.6 Å². The van der Waals surface area contributed by atoms with Crippen LogP contribution in [0.1, 0.15) is 37.5 Å². The Bertz CT molecular complexity index is 1600. The first kappa shape index (κ1) is 28.5. The highest BCUT2D eigenvalue weighted by atomic mass is 32.1. The maximum absolute atomic E-state index is 11.6. The smallest absolute Gasteiger partial charge is 0.307 e. The molecule has 2 N–H and O–H groups in total. The van der Waals surface area contributed by atoms with Gasteiger partial charge in [0.25, 0.3) is 0 Å². The van der Waals surface area contributed by atoms with Gasteiger partial charge in [0.15, 0.2) is 0 Å². The molecule has 0 fully saturated rings. The molecule has 0 unspecified atom stereocenters. The van der Waals surface area contributed by atoms with Gasteiger partial charge in [-0.05, 0) is 63.4 Å². The summed E-state index contributed by atoms with van der Waals surface area (Å²) in [4.78, 5) is 21.1. The summed E-state index contributed by atoms with van der Waals surface area (Å²) in [6.45, 7) is 9.22. The van der Waals surface area contributed by atoms with E-state index in [-0.39, 0.29) is 6.42 Å². The summed E-state index contributed by atoms with van der Waals surface area (Å²) in [5.74, 6) is -0.843. The van der Waals surface area contributed by atoms with Crippen molar-refractivity contribution >= 4 is 38.4 Å². The van der Waals surface area contributed by atoms with Gasteiger partial charge in [-0.3, -0.25) is 14.5 Å². The van der Waals surface area contributed by atoms with Gasteiger partial charge >= 0.3 is 5.97 Å². The lowest BCUT2D eigenvalue weighted by atomic mass is 9.93.